The van der Waals surface area contributed by atoms with E-state index in [0.29, 0.717) is 12.6 Å². The highest BCUT2D eigenvalue weighted by Gasteiger charge is 2.11. The van der Waals surface area contributed by atoms with Crippen LogP contribution in [0.5, 0.6) is 0 Å². The Morgan fingerprint density at radius 2 is 2.05 bits per heavy atom. The monoisotopic (exact) mass is 326 g/mol. The molecule has 0 aliphatic heterocycles. The van der Waals surface area contributed by atoms with Crippen LogP contribution < -0.4 is 15.4 Å². The molecule has 1 unspecified atom stereocenters. The molecule has 6 nitrogen and oxygen atoms in total. The molecule has 0 amide bonds. The Bertz CT molecular complexity index is 599. The van der Waals surface area contributed by atoms with E-state index in [2.05, 4.69) is 34.2 Å². The smallest absolute Gasteiger partial charge is 0.240 e. The lowest BCUT2D eigenvalue weighted by atomic mass is 10.2. The fourth-order valence-electron chi connectivity index (χ4n) is 1.75. The van der Waals surface area contributed by atoms with Crippen LogP contribution in [0.1, 0.15) is 32.8 Å². The number of sulfonamides is 1. The molecule has 0 spiro atoms. The van der Waals surface area contributed by atoms with Crippen molar-refractivity contribution in [2.24, 2.45) is 4.99 Å². The van der Waals surface area contributed by atoms with Crippen molar-refractivity contribution in [2.75, 3.05) is 13.6 Å². The van der Waals surface area contributed by atoms with Gasteiger partial charge in [0, 0.05) is 12.6 Å². The third-order valence-electron chi connectivity index (χ3n) is 3.24. The Morgan fingerprint density at radius 3 is 2.64 bits per heavy atom. The highest BCUT2D eigenvalue weighted by Crippen LogP contribution is 2.11. The molecule has 0 heterocycles. The van der Waals surface area contributed by atoms with Gasteiger partial charge in [-0.1, -0.05) is 19.1 Å². The zero-order chi connectivity index (χ0) is 16.6. The van der Waals surface area contributed by atoms with Crippen molar-refractivity contribution >= 4 is 16.0 Å². The number of benzene rings is 1. The van der Waals surface area contributed by atoms with E-state index in [4.69, 9.17) is 0 Å². The first-order valence-electron chi connectivity index (χ1n) is 7.50. The maximum absolute atomic E-state index is 11.8. The summed E-state index contributed by atoms with van der Waals surface area (Å²) >= 11 is 0. The van der Waals surface area contributed by atoms with Crippen molar-refractivity contribution in [1.82, 2.24) is 15.4 Å². The number of nitrogens with zero attached hydrogens (tertiary/aromatic N) is 1. The predicted molar refractivity (Wildman–Crippen MR) is 90.4 cm³/mol. The third kappa shape index (κ3) is 5.65. The van der Waals surface area contributed by atoms with Gasteiger partial charge in [-0.15, -0.1) is 0 Å². The van der Waals surface area contributed by atoms with Gasteiger partial charge in [0.2, 0.25) is 10.0 Å². The quantitative estimate of drug-likeness (QED) is 0.523. The van der Waals surface area contributed by atoms with E-state index in [1.54, 1.807) is 18.2 Å². The van der Waals surface area contributed by atoms with Crippen LogP contribution in [0, 0.1) is 0 Å². The first kappa shape index (κ1) is 18.4. The number of aliphatic imine (C=N–C) groups is 1. The second-order valence-corrected chi connectivity index (χ2v) is 6.89. The van der Waals surface area contributed by atoms with E-state index in [1.807, 2.05) is 13.0 Å². The topological polar surface area (TPSA) is 82.6 Å². The maximum atomic E-state index is 11.8. The summed E-state index contributed by atoms with van der Waals surface area (Å²) in [6, 6.07) is 7.13. The summed E-state index contributed by atoms with van der Waals surface area (Å²) < 4.78 is 25.9. The Hall–Kier alpha value is -1.60. The molecule has 1 rings (SSSR count). The molecule has 0 fully saturated rings. The molecule has 0 aromatic heterocycles. The average Bonchev–Trinajstić information content (AvgIpc) is 2.53. The van der Waals surface area contributed by atoms with Gasteiger partial charge < -0.3 is 10.6 Å². The standard InChI is InChI=1S/C15H26N4O2S/c1-5-12(3)19-15(17-6-2)18-11-13-8-7-9-14(10-13)22(20,21)16-4/h7-10,12,16H,5-6,11H2,1-4H3,(H2,17,18,19). The molecule has 22 heavy (non-hydrogen) atoms. The van der Waals surface area contributed by atoms with Gasteiger partial charge in [0.15, 0.2) is 5.96 Å². The Balaban J connectivity index is 2.88. The number of hydrogen-bond donors (Lipinski definition) is 3. The summed E-state index contributed by atoms with van der Waals surface area (Å²) in [5.74, 6) is 0.735. The van der Waals surface area contributed by atoms with Crippen LogP contribution in [-0.2, 0) is 16.6 Å². The van der Waals surface area contributed by atoms with Crippen LogP contribution in [0.25, 0.3) is 0 Å². The van der Waals surface area contributed by atoms with Crippen molar-refractivity contribution in [1.29, 1.82) is 0 Å². The molecule has 0 aliphatic carbocycles. The largest absolute Gasteiger partial charge is 0.357 e. The van der Waals surface area contributed by atoms with Crippen molar-refractivity contribution in [3.63, 3.8) is 0 Å². The molecule has 0 bridgehead atoms. The molecule has 1 atom stereocenters. The fourth-order valence-corrected chi connectivity index (χ4v) is 2.55. The van der Waals surface area contributed by atoms with Gasteiger partial charge in [0.05, 0.1) is 11.4 Å². The fraction of sp³-hybridized carbons (Fsp3) is 0.533. The van der Waals surface area contributed by atoms with Gasteiger partial charge in [0.25, 0.3) is 0 Å². The third-order valence-corrected chi connectivity index (χ3v) is 4.65. The average molecular weight is 326 g/mol. The molecule has 0 radical (unpaired) electrons. The zero-order valence-corrected chi connectivity index (χ0v) is 14.5. The molecule has 1 aromatic carbocycles. The predicted octanol–water partition coefficient (Wildman–Crippen LogP) is 1.45. The van der Waals surface area contributed by atoms with Crippen LogP contribution >= 0.6 is 0 Å². The van der Waals surface area contributed by atoms with E-state index in [1.165, 1.54) is 7.05 Å². The lowest BCUT2D eigenvalue weighted by molar-refractivity contribution is 0.588. The van der Waals surface area contributed by atoms with Crippen molar-refractivity contribution in [2.45, 2.75) is 44.7 Å². The summed E-state index contributed by atoms with van der Waals surface area (Å²) in [5.41, 5.74) is 0.845. The molecule has 3 N–H and O–H groups in total. The van der Waals surface area contributed by atoms with Gasteiger partial charge >= 0.3 is 0 Å². The van der Waals surface area contributed by atoms with Crippen LogP contribution in [0.4, 0.5) is 0 Å². The lowest BCUT2D eigenvalue weighted by Crippen LogP contribution is -2.41. The van der Waals surface area contributed by atoms with Crippen LogP contribution in [0.15, 0.2) is 34.2 Å². The molecule has 124 valence electrons. The SMILES string of the molecule is CCNC(=NCc1cccc(S(=O)(=O)NC)c1)NC(C)CC. The Kier molecular flexibility index (Phi) is 7.34. The maximum Gasteiger partial charge on any atom is 0.240 e. The Morgan fingerprint density at radius 1 is 1.32 bits per heavy atom. The minimum Gasteiger partial charge on any atom is -0.357 e. The van der Waals surface area contributed by atoms with E-state index in [-0.39, 0.29) is 4.90 Å². The number of rotatable bonds is 7. The van der Waals surface area contributed by atoms with Gasteiger partial charge in [-0.05, 0) is 45.0 Å². The molecule has 1 aromatic rings. The summed E-state index contributed by atoms with van der Waals surface area (Å²) in [4.78, 5) is 4.75. The molecule has 7 heteroatoms. The molecule has 0 saturated heterocycles. The second-order valence-electron chi connectivity index (χ2n) is 5.00. The molecular formula is C15H26N4O2S. The summed E-state index contributed by atoms with van der Waals surface area (Å²) in [6.45, 7) is 7.39. The number of hydrogen-bond acceptors (Lipinski definition) is 3. The minimum atomic E-state index is -3.42. The van der Waals surface area contributed by atoms with E-state index >= 15 is 0 Å². The van der Waals surface area contributed by atoms with Gasteiger partial charge in [-0.3, -0.25) is 0 Å². The van der Waals surface area contributed by atoms with Gasteiger partial charge in [-0.25, -0.2) is 18.1 Å². The van der Waals surface area contributed by atoms with Crippen LogP contribution in [-0.4, -0.2) is 34.0 Å². The van der Waals surface area contributed by atoms with Gasteiger partial charge in [0.1, 0.15) is 0 Å². The Labute approximate surface area is 133 Å². The normalized spacial score (nSPS) is 13.7. The summed E-state index contributed by atoms with van der Waals surface area (Å²) in [5, 5.41) is 6.48. The van der Waals surface area contributed by atoms with E-state index < -0.39 is 10.0 Å². The minimum absolute atomic E-state index is 0.252. The second kappa shape index (κ2) is 8.75. The van der Waals surface area contributed by atoms with Crippen molar-refractivity contribution in [3.05, 3.63) is 29.8 Å². The summed E-state index contributed by atoms with van der Waals surface area (Å²) in [7, 11) is -2.02. The zero-order valence-electron chi connectivity index (χ0n) is 13.7. The van der Waals surface area contributed by atoms with Gasteiger partial charge in [-0.2, -0.15) is 0 Å². The highest BCUT2D eigenvalue weighted by molar-refractivity contribution is 7.89. The first-order valence-corrected chi connectivity index (χ1v) is 8.98. The molecule has 0 aliphatic rings. The van der Waals surface area contributed by atoms with E-state index in [0.717, 1.165) is 24.5 Å². The van der Waals surface area contributed by atoms with Crippen molar-refractivity contribution in [3.8, 4) is 0 Å². The highest BCUT2D eigenvalue weighted by atomic mass is 32.2. The van der Waals surface area contributed by atoms with Crippen LogP contribution in [0.3, 0.4) is 0 Å². The van der Waals surface area contributed by atoms with E-state index in [9.17, 15) is 8.42 Å². The number of guanidine groups is 1. The van der Waals surface area contributed by atoms with Crippen molar-refractivity contribution < 1.29 is 8.42 Å². The molecule has 0 saturated carbocycles. The first-order chi connectivity index (χ1) is 10.4. The molecular weight excluding hydrogens is 300 g/mol. The number of nitrogens with one attached hydrogen (secondary N) is 3. The lowest BCUT2D eigenvalue weighted by Gasteiger charge is -2.16. The van der Waals surface area contributed by atoms with Crippen LogP contribution in [0.2, 0.25) is 0 Å². The summed E-state index contributed by atoms with van der Waals surface area (Å²) in [6.07, 6.45) is 1.00.